The van der Waals surface area contributed by atoms with Crippen LogP contribution in [0.1, 0.15) is 0 Å². The Labute approximate surface area is 164 Å². The van der Waals surface area contributed by atoms with Gasteiger partial charge in [-0.25, -0.2) is 0 Å². The zero-order valence-electron chi connectivity index (χ0n) is 14.2. The molecule has 0 aliphatic carbocycles. The van der Waals surface area contributed by atoms with Gasteiger partial charge in [-0.15, -0.1) is 12.6 Å². The van der Waals surface area contributed by atoms with Gasteiger partial charge in [-0.3, -0.25) is 0 Å². The number of benzene rings is 4. The first-order valence-corrected chi connectivity index (χ1v) is 9.79. The van der Waals surface area contributed by atoms with E-state index in [2.05, 4.69) is 97.1 Å². The molecule has 4 aromatic carbocycles. The van der Waals surface area contributed by atoms with Crippen LogP contribution in [-0.4, -0.2) is 0 Å². The van der Waals surface area contributed by atoms with Crippen molar-refractivity contribution in [2.24, 2.45) is 0 Å². The SMILES string of the molecule is Sc1ccc(-c2ccccc2)c(Sc2ccccc2)c1-c1ccccc1. The molecule has 0 saturated heterocycles. The zero-order valence-corrected chi connectivity index (χ0v) is 15.9. The van der Waals surface area contributed by atoms with Crippen LogP contribution in [0, 0.1) is 0 Å². The van der Waals surface area contributed by atoms with Crippen LogP contribution >= 0.6 is 24.4 Å². The van der Waals surface area contributed by atoms with Crippen molar-refractivity contribution in [2.45, 2.75) is 14.7 Å². The summed E-state index contributed by atoms with van der Waals surface area (Å²) in [4.78, 5) is 3.45. The highest BCUT2D eigenvalue weighted by atomic mass is 32.2. The maximum Gasteiger partial charge on any atom is 0.0290 e. The minimum atomic E-state index is 0.995. The quantitative estimate of drug-likeness (QED) is 0.364. The molecule has 0 aromatic heterocycles. The summed E-state index contributed by atoms with van der Waals surface area (Å²) in [6.07, 6.45) is 0. The largest absolute Gasteiger partial charge is 0.143 e. The van der Waals surface area contributed by atoms with E-state index in [1.54, 1.807) is 11.8 Å². The highest BCUT2D eigenvalue weighted by Crippen LogP contribution is 2.45. The molecular weight excluding hydrogens is 352 g/mol. The molecule has 0 aliphatic heterocycles. The molecular formula is C24H18S2. The topological polar surface area (TPSA) is 0 Å². The van der Waals surface area contributed by atoms with Gasteiger partial charge < -0.3 is 0 Å². The second kappa shape index (κ2) is 7.86. The second-order valence-corrected chi connectivity index (χ2v) is 7.55. The van der Waals surface area contributed by atoms with Gasteiger partial charge in [0, 0.05) is 20.2 Å². The molecule has 0 bridgehead atoms. The van der Waals surface area contributed by atoms with Crippen molar-refractivity contribution in [3.8, 4) is 22.3 Å². The van der Waals surface area contributed by atoms with Crippen molar-refractivity contribution in [1.29, 1.82) is 0 Å². The van der Waals surface area contributed by atoms with E-state index in [0.717, 1.165) is 4.90 Å². The molecule has 0 aliphatic rings. The minimum absolute atomic E-state index is 0.995. The Balaban J connectivity index is 1.95. The number of hydrogen-bond acceptors (Lipinski definition) is 2. The van der Waals surface area contributed by atoms with E-state index in [4.69, 9.17) is 12.6 Å². The first kappa shape index (κ1) is 17.0. The molecule has 26 heavy (non-hydrogen) atoms. The summed E-state index contributed by atoms with van der Waals surface area (Å²) in [6.45, 7) is 0. The Morgan fingerprint density at radius 1 is 0.538 bits per heavy atom. The highest BCUT2D eigenvalue weighted by Gasteiger charge is 2.16. The fourth-order valence-corrected chi connectivity index (χ4v) is 4.56. The molecule has 0 atom stereocenters. The van der Waals surface area contributed by atoms with Crippen LogP contribution in [0.4, 0.5) is 0 Å². The van der Waals surface area contributed by atoms with Gasteiger partial charge >= 0.3 is 0 Å². The van der Waals surface area contributed by atoms with Crippen LogP contribution < -0.4 is 0 Å². The molecule has 0 spiro atoms. The number of rotatable bonds is 4. The summed E-state index contributed by atoms with van der Waals surface area (Å²) in [5.74, 6) is 0. The summed E-state index contributed by atoms with van der Waals surface area (Å²) in [7, 11) is 0. The summed E-state index contributed by atoms with van der Waals surface area (Å²) < 4.78 is 0. The summed E-state index contributed by atoms with van der Waals surface area (Å²) in [6, 6.07) is 35.9. The van der Waals surface area contributed by atoms with Crippen LogP contribution in [-0.2, 0) is 0 Å². The van der Waals surface area contributed by atoms with Crippen LogP contribution in [0.3, 0.4) is 0 Å². The Kier molecular flexibility index (Phi) is 5.14. The van der Waals surface area contributed by atoms with Gasteiger partial charge in [0.1, 0.15) is 0 Å². The molecule has 0 amide bonds. The molecule has 4 aromatic rings. The maximum absolute atomic E-state index is 4.79. The highest BCUT2D eigenvalue weighted by molar-refractivity contribution is 7.99. The van der Waals surface area contributed by atoms with Gasteiger partial charge in [-0.2, -0.15) is 0 Å². The Morgan fingerprint density at radius 2 is 1.08 bits per heavy atom. The third kappa shape index (κ3) is 3.57. The molecule has 0 saturated carbocycles. The lowest BCUT2D eigenvalue weighted by Gasteiger charge is -2.17. The second-order valence-electron chi connectivity index (χ2n) is 5.98. The summed E-state index contributed by atoms with van der Waals surface area (Å²) in [5.41, 5.74) is 4.82. The van der Waals surface area contributed by atoms with E-state index >= 15 is 0 Å². The average Bonchev–Trinajstić information content (AvgIpc) is 2.70. The summed E-state index contributed by atoms with van der Waals surface area (Å²) >= 11 is 6.59. The van der Waals surface area contributed by atoms with Crippen LogP contribution in [0.15, 0.2) is 118 Å². The monoisotopic (exact) mass is 370 g/mol. The smallest absolute Gasteiger partial charge is 0.0290 e. The van der Waals surface area contributed by atoms with E-state index in [-0.39, 0.29) is 0 Å². The van der Waals surface area contributed by atoms with E-state index in [1.165, 1.54) is 32.0 Å². The lowest BCUT2D eigenvalue weighted by molar-refractivity contribution is 1.32. The maximum atomic E-state index is 4.79. The predicted molar refractivity (Wildman–Crippen MR) is 115 cm³/mol. The molecule has 0 fully saturated rings. The van der Waals surface area contributed by atoms with Crippen molar-refractivity contribution < 1.29 is 0 Å². The molecule has 126 valence electrons. The Bertz CT molecular complexity index is 994. The van der Waals surface area contributed by atoms with Gasteiger partial charge in [0.05, 0.1) is 0 Å². The van der Waals surface area contributed by atoms with E-state index in [1.807, 2.05) is 6.07 Å². The van der Waals surface area contributed by atoms with E-state index < -0.39 is 0 Å². The van der Waals surface area contributed by atoms with Gasteiger partial charge in [0.15, 0.2) is 0 Å². The van der Waals surface area contributed by atoms with E-state index in [9.17, 15) is 0 Å². The third-order valence-electron chi connectivity index (χ3n) is 4.25. The van der Waals surface area contributed by atoms with Crippen molar-refractivity contribution in [1.82, 2.24) is 0 Å². The zero-order chi connectivity index (χ0) is 17.8. The van der Waals surface area contributed by atoms with Crippen LogP contribution in [0.5, 0.6) is 0 Å². The first-order valence-electron chi connectivity index (χ1n) is 8.52. The number of hydrogen-bond donors (Lipinski definition) is 1. The molecule has 0 unspecified atom stereocenters. The van der Waals surface area contributed by atoms with E-state index in [0.29, 0.717) is 0 Å². The fourth-order valence-electron chi connectivity index (χ4n) is 3.01. The molecule has 0 N–H and O–H groups in total. The van der Waals surface area contributed by atoms with Crippen LogP contribution in [0.25, 0.3) is 22.3 Å². The molecule has 0 heterocycles. The van der Waals surface area contributed by atoms with Crippen molar-refractivity contribution >= 4 is 24.4 Å². The summed E-state index contributed by atoms with van der Waals surface area (Å²) in [5, 5.41) is 0. The van der Waals surface area contributed by atoms with Gasteiger partial charge in [0.2, 0.25) is 0 Å². The van der Waals surface area contributed by atoms with Crippen molar-refractivity contribution in [3.63, 3.8) is 0 Å². The van der Waals surface area contributed by atoms with Crippen LogP contribution in [0.2, 0.25) is 0 Å². The average molecular weight is 371 g/mol. The molecule has 0 nitrogen and oxygen atoms in total. The lowest BCUT2D eigenvalue weighted by Crippen LogP contribution is -1.90. The normalized spacial score (nSPS) is 10.7. The van der Waals surface area contributed by atoms with Gasteiger partial charge in [0.25, 0.3) is 0 Å². The standard InChI is InChI=1S/C24H18S2/c25-22-17-16-21(18-10-4-1-5-11-18)24(26-20-14-8-3-9-15-20)23(22)19-12-6-2-7-13-19/h1-17,25H. The van der Waals surface area contributed by atoms with Gasteiger partial charge in [-0.05, 0) is 34.9 Å². The Hall–Kier alpha value is -2.42. The molecule has 2 heteroatoms. The third-order valence-corrected chi connectivity index (χ3v) is 5.75. The predicted octanol–water partition coefficient (Wildman–Crippen LogP) is 7.46. The Morgan fingerprint density at radius 3 is 1.69 bits per heavy atom. The van der Waals surface area contributed by atoms with Gasteiger partial charge in [-0.1, -0.05) is 96.7 Å². The molecule has 0 radical (unpaired) electrons. The fraction of sp³-hybridized carbons (Fsp3) is 0. The number of thiol groups is 1. The minimum Gasteiger partial charge on any atom is -0.143 e. The molecule has 4 rings (SSSR count). The van der Waals surface area contributed by atoms with Crippen molar-refractivity contribution in [3.05, 3.63) is 103 Å². The first-order chi connectivity index (χ1) is 12.8. The lowest BCUT2D eigenvalue weighted by atomic mass is 9.98. The van der Waals surface area contributed by atoms with Crippen molar-refractivity contribution in [2.75, 3.05) is 0 Å².